The number of para-hydroxylation sites is 1. The summed E-state index contributed by atoms with van der Waals surface area (Å²) in [5.41, 5.74) is 2.19. The Morgan fingerprint density at radius 1 is 1.19 bits per heavy atom. The lowest BCUT2D eigenvalue weighted by molar-refractivity contribution is -0.763. The molecule has 0 aliphatic carbocycles. The minimum absolute atomic E-state index is 0.0850. The molecule has 1 aromatic heterocycles. The van der Waals surface area contributed by atoms with E-state index in [0.29, 0.717) is 40.0 Å². The van der Waals surface area contributed by atoms with Crippen molar-refractivity contribution in [3.8, 4) is 22.8 Å². The normalized spacial score (nSPS) is 14.6. The molecule has 0 radical (unpaired) electrons. The van der Waals surface area contributed by atoms with Gasteiger partial charge in [-0.2, -0.15) is 0 Å². The number of aromatic nitrogens is 3. The third kappa shape index (κ3) is 3.44. The number of benzene rings is 2. The van der Waals surface area contributed by atoms with E-state index in [-0.39, 0.29) is 11.5 Å². The zero-order valence-corrected chi connectivity index (χ0v) is 18.5. The number of thioether (sulfide) groups is 1. The SMILES string of the molecule is CCC(=O)N1c2ccccc2-c2c(=O)[nH]c(SC)n[n+]2C1c1ccc(OC)c(OC)c1. The molecule has 1 unspecified atom stereocenters. The molecule has 2 aromatic carbocycles. The first-order valence-corrected chi connectivity index (χ1v) is 11.0. The molecule has 1 aliphatic heterocycles. The van der Waals surface area contributed by atoms with Gasteiger partial charge >= 0.3 is 11.3 Å². The smallest absolute Gasteiger partial charge is 0.325 e. The van der Waals surface area contributed by atoms with Gasteiger partial charge < -0.3 is 9.47 Å². The van der Waals surface area contributed by atoms with E-state index in [1.165, 1.54) is 11.8 Å². The monoisotopic (exact) mass is 439 g/mol. The van der Waals surface area contributed by atoms with Crippen LogP contribution in [-0.2, 0) is 4.79 Å². The molecule has 1 amide bonds. The van der Waals surface area contributed by atoms with Crippen LogP contribution in [0.25, 0.3) is 11.3 Å². The molecule has 160 valence electrons. The third-order valence-corrected chi connectivity index (χ3v) is 5.80. The fraction of sp³-hybridized carbons (Fsp3) is 0.273. The van der Waals surface area contributed by atoms with Gasteiger partial charge in [-0.25, -0.2) is 4.90 Å². The Balaban J connectivity index is 2.06. The molecule has 31 heavy (non-hydrogen) atoms. The number of ether oxygens (including phenoxy) is 2. The van der Waals surface area contributed by atoms with Crippen molar-refractivity contribution in [1.82, 2.24) is 10.1 Å². The highest BCUT2D eigenvalue weighted by molar-refractivity contribution is 7.98. The number of nitrogens with zero attached hydrogens (tertiary/aromatic N) is 3. The molecule has 1 N–H and O–H groups in total. The van der Waals surface area contributed by atoms with Crippen LogP contribution in [0.5, 0.6) is 11.5 Å². The Labute approximate surface area is 183 Å². The summed E-state index contributed by atoms with van der Waals surface area (Å²) in [6.07, 6.45) is 1.47. The molecule has 2 heterocycles. The van der Waals surface area contributed by atoms with Crippen LogP contribution in [0.3, 0.4) is 0 Å². The molecule has 0 spiro atoms. The molecule has 0 saturated heterocycles. The lowest BCUT2D eigenvalue weighted by atomic mass is 10.0. The highest BCUT2D eigenvalue weighted by atomic mass is 32.2. The largest absolute Gasteiger partial charge is 0.493 e. The summed E-state index contributed by atoms with van der Waals surface area (Å²) in [6, 6.07) is 12.8. The second-order valence-corrected chi connectivity index (χ2v) is 7.67. The number of methoxy groups -OCH3 is 2. The van der Waals surface area contributed by atoms with E-state index in [2.05, 4.69) is 10.1 Å². The Kier molecular flexibility index (Phi) is 5.69. The van der Waals surface area contributed by atoms with Gasteiger partial charge in [0.2, 0.25) is 11.1 Å². The van der Waals surface area contributed by atoms with Gasteiger partial charge in [-0.15, -0.1) is 0 Å². The number of fused-ring (bicyclic) bond motifs is 3. The van der Waals surface area contributed by atoms with Gasteiger partial charge in [0, 0.05) is 17.1 Å². The molecule has 3 aromatic rings. The first kappa shape index (κ1) is 20.9. The first-order chi connectivity index (χ1) is 15.0. The summed E-state index contributed by atoms with van der Waals surface area (Å²) in [4.78, 5) is 30.8. The van der Waals surface area contributed by atoms with Crippen molar-refractivity contribution in [2.24, 2.45) is 0 Å². The summed E-state index contributed by atoms with van der Waals surface area (Å²) in [7, 11) is 3.12. The van der Waals surface area contributed by atoms with Crippen molar-refractivity contribution in [2.75, 3.05) is 25.4 Å². The molecule has 0 fully saturated rings. The maximum Gasteiger partial charge on any atom is 0.325 e. The number of rotatable bonds is 5. The fourth-order valence-electron chi connectivity index (χ4n) is 3.82. The summed E-state index contributed by atoms with van der Waals surface area (Å²) in [5, 5.41) is 5.13. The zero-order chi connectivity index (χ0) is 22.1. The lowest BCUT2D eigenvalue weighted by Crippen LogP contribution is -2.60. The average molecular weight is 440 g/mol. The van der Waals surface area contributed by atoms with E-state index < -0.39 is 6.17 Å². The predicted octanol–water partition coefficient (Wildman–Crippen LogP) is 2.77. The van der Waals surface area contributed by atoms with E-state index >= 15 is 0 Å². The van der Waals surface area contributed by atoms with E-state index in [1.54, 1.807) is 29.9 Å². The highest BCUT2D eigenvalue weighted by Gasteiger charge is 2.45. The highest BCUT2D eigenvalue weighted by Crippen LogP contribution is 2.39. The van der Waals surface area contributed by atoms with E-state index in [0.717, 1.165) is 5.56 Å². The number of carbonyl (C=O) groups is 1. The van der Waals surface area contributed by atoms with Crippen LogP contribution >= 0.6 is 11.8 Å². The molecular weight excluding hydrogens is 416 g/mol. The van der Waals surface area contributed by atoms with Crippen LogP contribution in [0.1, 0.15) is 25.1 Å². The maximum atomic E-state index is 13.2. The van der Waals surface area contributed by atoms with Gasteiger partial charge in [0.15, 0.2) is 11.5 Å². The zero-order valence-electron chi connectivity index (χ0n) is 17.7. The van der Waals surface area contributed by atoms with Crippen LogP contribution < -0.4 is 24.6 Å². The molecule has 1 aliphatic rings. The first-order valence-electron chi connectivity index (χ1n) is 9.77. The van der Waals surface area contributed by atoms with Crippen molar-refractivity contribution in [3.05, 3.63) is 58.4 Å². The Bertz CT molecular complexity index is 1210. The van der Waals surface area contributed by atoms with Crippen molar-refractivity contribution in [3.63, 3.8) is 0 Å². The van der Waals surface area contributed by atoms with Crippen LogP contribution in [0.4, 0.5) is 5.69 Å². The minimum atomic E-state index is -0.662. The van der Waals surface area contributed by atoms with Gasteiger partial charge in [-0.1, -0.05) is 30.8 Å². The second kappa shape index (κ2) is 8.43. The molecule has 1 atom stereocenters. The minimum Gasteiger partial charge on any atom is -0.493 e. The number of carbonyl (C=O) groups excluding carboxylic acids is 1. The lowest BCUT2D eigenvalue weighted by Gasteiger charge is -2.32. The summed E-state index contributed by atoms with van der Waals surface area (Å²) in [6.45, 7) is 1.81. The topological polar surface area (TPSA) is 88.4 Å². The Hall–Kier alpha value is -3.33. The molecule has 8 nitrogen and oxygen atoms in total. The molecule has 0 bridgehead atoms. The van der Waals surface area contributed by atoms with Gasteiger partial charge in [0.25, 0.3) is 6.17 Å². The fourth-order valence-corrected chi connectivity index (χ4v) is 4.18. The van der Waals surface area contributed by atoms with Crippen molar-refractivity contribution >= 4 is 23.4 Å². The van der Waals surface area contributed by atoms with Gasteiger partial charge in [-0.3, -0.25) is 14.6 Å². The Morgan fingerprint density at radius 2 is 1.94 bits per heavy atom. The van der Waals surface area contributed by atoms with Crippen molar-refractivity contribution in [2.45, 2.75) is 24.7 Å². The van der Waals surface area contributed by atoms with Crippen LogP contribution in [-0.4, -0.2) is 36.5 Å². The quantitative estimate of drug-likeness (QED) is 0.486. The summed E-state index contributed by atoms with van der Waals surface area (Å²) < 4.78 is 12.5. The molecule has 0 saturated carbocycles. The predicted molar refractivity (Wildman–Crippen MR) is 118 cm³/mol. The van der Waals surface area contributed by atoms with Gasteiger partial charge in [-0.05, 0) is 41.3 Å². The standard InChI is InChI=1S/C22H22N4O4S/c1-5-18(27)25-15-9-7-6-8-14(15)19-20(28)23-22(31-4)24-26(19)21(25)13-10-11-16(29-2)17(12-13)30-3/h6-12,21H,5H2,1-4H3/p+1. The Morgan fingerprint density at radius 3 is 2.61 bits per heavy atom. The van der Waals surface area contributed by atoms with E-state index in [4.69, 9.17) is 9.47 Å². The second-order valence-electron chi connectivity index (χ2n) is 6.88. The average Bonchev–Trinajstić information content (AvgIpc) is 2.81. The number of H-pyrrole nitrogens is 1. The van der Waals surface area contributed by atoms with E-state index in [9.17, 15) is 9.59 Å². The number of hydrogen-bond acceptors (Lipinski definition) is 6. The van der Waals surface area contributed by atoms with Crippen molar-refractivity contribution < 1.29 is 19.0 Å². The number of amides is 1. The molecular formula is C22H23N4O4S+. The molecule has 9 heteroatoms. The summed E-state index contributed by atoms with van der Waals surface area (Å²) in [5.74, 6) is 1.02. The van der Waals surface area contributed by atoms with Crippen LogP contribution in [0.15, 0.2) is 52.4 Å². The number of hydrogen-bond donors (Lipinski definition) is 1. The number of anilines is 1. The van der Waals surface area contributed by atoms with Crippen LogP contribution in [0.2, 0.25) is 0 Å². The van der Waals surface area contributed by atoms with Gasteiger partial charge in [0.05, 0.1) is 25.5 Å². The van der Waals surface area contributed by atoms with Crippen LogP contribution in [0, 0.1) is 0 Å². The van der Waals surface area contributed by atoms with E-state index in [1.807, 2.05) is 49.6 Å². The summed E-state index contributed by atoms with van der Waals surface area (Å²) >= 11 is 1.33. The third-order valence-electron chi connectivity index (χ3n) is 5.23. The van der Waals surface area contributed by atoms with Crippen molar-refractivity contribution in [1.29, 1.82) is 0 Å². The van der Waals surface area contributed by atoms with Gasteiger partial charge in [0.1, 0.15) is 0 Å². The number of nitrogens with one attached hydrogen (secondary N) is 1. The maximum absolute atomic E-state index is 13.2. The number of aromatic amines is 1. The molecule has 4 rings (SSSR count).